The SMILES string of the molecule is CC(OC(=O)c1ccccc1NS(=O)(=O)c1ccc2c(c1)OCCO2)C(=O)c1c(N)n(C)c(=O)n(C)c1=O. The summed E-state index contributed by atoms with van der Waals surface area (Å²) in [5.41, 5.74) is 3.35. The van der Waals surface area contributed by atoms with Gasteiger partial charge in [0, 0.05) is 20.2 Å². The van der Waals surface area contributed by atoms with Crippen molar-refractivity contribution < 1.29 is 32.2 Å². The predicted octanol–water partition coefficient (Wildman–Crippen LogP) is 0.666. The van der Waals surface area contributed by atoms with E-state index in [1.165, 1.54) is 63.5 Å². The first-order valence-electron chi connectivity index (χ1n) is 11.2. The molecule has 1 aromatic heterocycles. The predicted molar refractivity (Wildman–Crippen MR) is 135 cm³/mol. The van der Waals surface area contributed by atoms with Crippen LogP contribution in [0.3, 0.4) is 0 Å². The lowest BCUT2D eigenvalue weighted by Crippen LogP contribution is -2.43. The number of carbonyl (C=O) groups excluding carboxylic acids is 2. The first-order valence-corrected chi connectivity index (χ1v) is 12.7. The average Bonchev–Trinajstić information content (AvgIpc) is 2.90. The van der Waals surface area contributed by atoms with Gasteiger partial charge in [-0.05, 0) is 31.2 Å². The molecule has 2 aromatic carbocycles. The molecule has 0 spiro atoms. The van der Waals surface area contributed by atoms with Gasteiger partial charge in [-0.1, -0.05) is 12.1 Å². The summed E-state index contributed by atoms with van der Waals surface area (Å²) in [6.07, 6.45) is -1.49. The first kappa shape index (κ1) is 26.5. The van der Waals surface area contributed by atoms with E-state index >= 15 is 0 Å². The van der Waals surface area contributed by atoms with E-state index in [9.17, 15) is 27.6 Å². The van der Waals surface area contributed by atoms with Gasteiger partial charge in [-0.3, -0.25) is 23.4 Å². The minimum absolute atomic E-state index is 0.107. The number of nitrogens with zero attached hydrogens (tertiary/aromatic N) is 2. The van der Waals surface area contributed by atoms with Crippen LogP contribution in [0, 0.1) is 0 Å². The number of anilines is 2. The third kappa shape index (κ3) is 4.85. The molecule has 14 heteroatoms. The minimum Gasteiger partial charge on any atom is -0.486 e. The summed E-state index contributed by atoms with van der Waals surface area (Å²) in [5.74, 6) is -1.67. The van der Waals surface area contributed by atoms with E-state index in [1.54, 1.807) is 0 Å². The number of Topliss-reactive ketones (excluding diaryl/α,β-unsaturated/α-hetero) is 1. The van der Waals surface area contributed by atoms with E-state index in [1.807, 2.05) is 0 Å². The third-order valence-corrected chi connectivity index (χ3v) is 7.19. The van der Waals surface area contributed by atoms with Crippen molar-refractivity contribution in [2.24, 2.45) is 14.1 Å². The number of fused-ring (bicyclic) bond motifs is 1. The molecule has 4 rings (SSSR count). The van der Waals surface area contributed by atoms with Crippen molar-refractivity contribution in [3.05, 3.63) is 74.4 Å². The number of nitrogens with one attached hydrogen (secondary N) is 1. The maximum Gasteiger partial charge on any atom is 0.340 e. The maximum atomic E-state index is 13.1. The van der Waals surface area contributed by atoms with Gasteiger partial charge >= 0.3 is 11.7 Å². The van der Waals surface area contributed by atoms with Gasteiger partial charge in [0.25, 0.3) is 15.6 Å². The molecule has 0 bridgehead atoms. The van der Waals surface area contributed by atoms with E-state index < -0.39 is 44.7 Å². The Labute approximate surface area is 216 Å². The highest BCUT2D eigenvalue weighted by atomic mass is 32.2. The fourth-order valence-corrected chi connectivity index (χ4v) is 4.81. The van der Waals surface area contributed by atoms with E-state index in [0.29, 0.717) is 16.9 Å². The summed E-state index contributed by atoms with van der Waals surface area (Å²) >= 11 is 0. The van der Waals surface area contributed by atoms with Gasteiger partial charge in [0.1, 0.15) is 24.6 Å². The van der Waals surface area contributed by atoms with Crippen LogP contribution in [-0.2, 0) is 28.9 Å². The number of rotatable bonds is 7. The number of nitrogens with two attached hydrogens (primary N) is 1. The van der Waals surface area contributed by atoms with Crippen LogP contribution in [0.25, 0.3) is 0 Å². The second-order valence-electron chi connectivity index (χ2n) is 8.33. The summed E-state index contributed by atoms with van der Waals surface area (Å²) < 4.78 is 46.2. The zero-order valence-corrected chi connectivity index (χ0v) is 21.4. The molecule has 200 valence electrons. The van der Waals surface area contributed by atoms with Crippen molar-refractivity contribution in [3.63, 3.8) is 0 Å². The highest BCUT2D eigenvalue weighted by Gasteiger charge is 2.29. The molecule has 0 radical (unpaired) electrons. The number of carbonyl (C=O) groups is 2. The van der Waals surface area contributed by atoms with E-state index in [-0.39, 0.29) is 34.3 Å². The van der Waals surface area contributed by atoms with Crippen LogP contribution in [-0.4, -0.2) is 48.6 Å². The summed E-state index contributed by atoms with van der Waals surface area (Å²) in [4.78, 5) is 50.3. The Morgan fingerprint density at radius 3 is 2.39 bits per heavy atom. The lowest BCUT2D eigenvalue weighted by molar-refractivity contribution is 0.0319. The van der Waals surface area contributed by atoms with Gasteiger partial charge in [-0.25, -0.2) is 18.0 Å². The van der Waals surface area contributed by atoms with E-state index in [2.05, 4.69) is 4.72 Å². The number of esters is 1. The second kappa shape index (κ2) is 10.0. The normalized spacial score (nSPS) is 13.4. The molecule has 1 aliphatic rings. The Kier molecular flexibility index (Phi) is 7.00. The Balaban J connectivity index is 1.58. The van der Waals surface area contributed by atoms with E-state index in [0.717, 1.165) is 4.57 Å². The zero-order chi connectivity index (χ0) is 27.8. The van der Waals surface area contributed by atoms with Gasteiger partial charge in [0.15, 0.2) is 17.6 Å². The molecule has 0 saturated carbocycles. The number of ketones is 1. The molecule has 0 aliphatic carbocycles. The number of sulfonamides is 1. The van der Waals surface area contributed by atoms with Crippen LogP contribution in [0.5, 0.6) is 11.5 Å². The van der Waals surface area contributed by atoms with Crippen LogP contribution < -0.4 is 31.2 Å². The lowest BCUT2D eigenvalue weighted by atomic mass is 10.1. The van der Waals surface area contributed by atoms with Crippen LogP contribution in [0.4, 0.5) is 11.5 Å². The van der Waals surface area contributed by atoms with Gasteiger partial charge in [-0.15, -0.1) is 0 Å². The molecule has 0 amide bonds. The third-order valence-electron chi connectivity index (χ3n) is 5.82. The number of nitrogen functional groups attached to an aromatic ring is 1. The zero-order valence-electron chi connectivity index (χ0n) is 20.6. The molecule has 3 N–H and O–H groups in total. The van der Waals surface area contributed by atoms with Crippen LogP contribution in [0.1, 0.15) is 27.6 Å². The van der Waals surface area contributed by atoms with Crippen LogP contribution in [0.2, 0.25) is 0 Å². The van der Waals surface area contributed by atoms with Gasteiger partial charge in [0.05, 0.1) is 16.1 Å². The number of ether oxygens (including phenoxy) is 3. The smallest absolute Gasteiger partial charge is 0.340 e. The van der Waals surface area contributed by atoms with Crippen molar-refractivity contribution >= 4 is 33.3 Å². The molecule has 1 atom stereocenters. The number of hydrogen-bond donors (Lipinski definition) is 2. The van der Waals surface area contributed by atoms with Crippen molar-refractivity contribution in [1.29, 1.82) is 0 Å². The summed E-state index contributed by atoms with van der Waals surface area (Å²) in [6, 6.07) is 9.73. The summed E-state index contributed by atoms with van der Waals surface area (Å²) in [6.45, 7) is 1.84. The monoisotopic (exact) mass is 544 g/mol. The topological polar surface area (TPSA) is 178 Å². The van der Waals surface area contributed by atoms with Gasteiger partial charge in [-0.2, -0.15) is 0 Å². The van der Waals surface area contributed by atoms with Crippen molar-refractivity contribution in [2.45, 2.75) is 17.9 Å². The molecule has 38 heavy (non-hydrogen) atoms. The molecular weight excluding hydrogens is 520 g/mol. The lowest BCUT2D eigenvalue weighted by Gasteiger charge is -2.19. The Hall–Kier alpha value is -4.59. The second-order valence-corrected chi connectivity index (χ2v) is 10.0. The van der Waals surface area contributed by atoms with Gasteiger partial charge in [0.2, 0.25) is 5.78 Å². The van der Waals surface area contributed by atoms with Gasteiger partial charge < -0.3 is 19.9 Å². The maximum absolute atomic E-state index is 13.1. The number of para-hydroxylation sites is 1. The summed E-state index contributed by atoms with van der Waals surface area (Å²) in [7, 11) is -1.70. The minimum atomic E-state index is -4.17. The Bertz CT molecular complexity index is 1680. The van der Waals surface area contributed by atoms with Crippen LogP contribution >= 0.6 is 0 Å². The molecule has 0 saturated heterocycles. The van der Waals surface area contributed by atoms with Crippen molar-refractivity contribution in [2.75, 3.05) is 23.7 Å². The molecule has 1 unspecified atom stereocenters. The average molecular weight is 545 g/mol. The number of hydrogen-bond acceptors (Lipinski definition) is 10. The van der Waals surface area contributed by atoms with Crippen molar-refractivity contribution in [3.8, 4) is 11.5 Å². The summed E-state index contributed by atoms with van der Waals surface area (Å²) in [5, 5.41) is 0. The Morgan fingerprint density at radius 1 is 1.03 bits per heavy atom. The largest absolute Gasteiger partial charge is 0.486 e. The molecular formula is C24H24N4O9S. The Morgan fingerprint density at radius 2 is 1.68 bits per heavy atom. The van der Waals surface area contributed by atoms with E-state index in [4.69, 9.17) is 19.9 Å². The number of benzene rings is 2. The molecule has 3 aromatic rings. The fraction of sp³-hybridized carbons (Fsp3) is 0.250. The fourth-order valence-electron chi connectivity index (χ4n) is 3.72. The quantitative estimate of drug-likeness (QED) is 0.317. The molecule has 2 heterocycles. The van der Waals surface area contributed by atoms with Crippen LogP contribution in [0.15, 0.2) is 56.9 Å². The molecule has 13 nitrogen and oxygen atoms in total. The number of aromatic nitrogens is 2. The molecule has 1 aliphatic heterocycles. The van der Waals surface area contributed by atoms with Crippen molar-refractivity contribution in [1.82, 2.24) is 9.13 Å². The first-order chi connectivity index (χ1) is 17.9. The standard InChI is InChI=1S/C24H24N4O9S/c1-13(20(29)19-21(25)27(2)24(32)28(3)22(19)30)37-23(31)15-6-4-5-7-16(15)26-38(33,34)14-8-9-17-18(12-14)36-11-10-35-17/h4-9,12-13,26H,10-11,25H2,1-3H3. The highest BCUT2D eigenvalue weighted by Crippen LogP contribution is 2.33. The highest BCUT2D eigenvalue weighted by molar-refractivity contribution is 7.92. The molecule has 0 fully saturated rings.